The van der Waals surface area contributed by atoms with Crippen molar-refractivity contribution in [3.8, 4) is 5.75 Å². The van der Waals surface area contributed by atoms with Gasteiger partial charge in [0.05, 0.1) is 23.1 Å². The van der Waals surface area contributed by atoms with E-state index in [0.717, 1.165) is 12.1 Å². The van der Waals surface area contributed by atoms with E-state index in [-0.39, 0.29) is 10.2 Å². The molecule has 1 aromatic rings. The van der Waals surface area contributed by atoms with Crippen molar-refractivity contribution in [1.82, 2.24) is 0 Å². The zero-order valence-electron chi connectivity index (χ0n) is 9.79. The first-order chi connectivity index (χ1) is 8.72. The molecule has 1 rings (SSSR count). The average molecular weight is 342 g/mol. The summed E-state index contributed by atoms with van der Waals surface area (Å²) in [6.07, 6.45) is -4.69. The summed E-state index contributed by atoms with van der Waals surface area (Å²) >= 11 is 3.03. The highest BCUT2D eigenvalue weighted by Gasteiger charge is 2.37. The van der Waals surface area contributed by atoms with Crippen LogP contribution in [-0.4, -0.2) is 24.7 Å². The number of rotatable bonds is 4. The molecule has 0 aliphatic rings. The lowest BCUT2D eigenvalue weighted by Crippen LogP contribution is -2.24. The first kappa shape index (κ1) is 15.8. The molecular weight excluding hydrogens is 331 g/mol. The molecule has 4 nitrogen and oxygen atoms in total. The first-order valence-corrected chi connectivity index (χ1v) is 5.89. The standard InChI is InChI=1S/C11H11BrF3NO3/c1-19-9-3-7(11(13,14)15)5(2-8(9)12)6(4-16)10(17)18/h2-3,6H,4,16H2,1H3,(H,17,18). The van der Waals surface area contributed by atoms with Gasteiger partial charge in [0.15, 0.2) is 0 Å². The van der Waals surface area contributed by atoms with Crippen LogP contribution in [0.1, 0.15) is 17.0 Å². The van der Waals surface area contributed by atoms with Crippen molar-refractivity contribution in [2.24, 2.45) is 5.73 Å². The molecule has 106 valence electrons. The number of nitrogens with two attached hydrogens (primary N) is 1. The van der Waals surface area contributed by atoms with Crippen LogP contribution in [0.2, 0.25) is 0 Å². The van der Waals surface area contributed by atoms with Gasteiger partial charge in [0.1, 0.15) is 5.75 Å². The van der Waals surface area contributed by atoms with Gasteiger partial charge in [-0.05, 0) is 33.6 Å². The molecule has 0 aromatic heterocycles. The van der Waals surface area contributed by atoms with Gasteiger partial charge in [-0.25, -0.2) is 0 Å². The third-order valence-electron chi connectivity index (χ3n) is 2.54. The third kappa shape index (κ3) is 3.38. The minimum absolute atomic E-state index is 0.0303. The normalized spacial score (nSPS) is 13.2. The molecule has 0 fully saturated rings. The summed E-state index contributed by atoms with van der Waals surface area (Å²) in [5, 5.41) is 8.94. The van der Waals surface area contributed by atoms with Crippen LogP contribution in [-0.2, 0) is 11.0 Å². The van der Waals surface area contributed by atoms with E-state index in [1.165, 1.54) is 7.11 Å². The van der Waals surface area contributed by atoms with Crippen LogP contribution in [0.25, 0.3) is 0 Å². The van der Waals surface area contributed by atoms with E-state index in [4.69, 9.17) is 15.6 Å². The first-order valence-electron chi connectivity index (χ1n) is 5.09. The fraction of sp³-hybridized carbons (Fsp3) is 0.364. The number of hydrogen-bond acceptors (Lipinski definition) is 3. The fourth-order valence-electron chi connectivity index (χ4n) is 1.62. The zero-order valence-corrected chi connectivity index (χ0v) is 11.4. The largest absolute Gasteiger partial charge is 0.496 e. The van der Waals surface area contributed by atoms with Crippen molar-refractivity contribution in [3.63, 3.8) is 0 Å². The number of aliphatic carboxylic acids is 1. The summed E-state index contributed by atoms with van der Waals surface area (Å²) in [4.78, 5) is 11.0. The molecular formula is C11H11BrF3NO3. The summed E-state index contributed by atoms with van der Waals surface area (Å²) < 4.78 is 43.9. The van der Waals surface area contributed by atoms with E-state index in [9.17, 15) is 18.0 Å². The highest BCUT2D eigenvalue weighted by Crippen LogP contribution is 2.40. The number of alkyl halides is 3. The van der Waals surface area contributed by atoms with E-state index in [1.54, 1.807) is 0 Å². The number of carbonyl (C=O) groups is 1. The Morgan fingerprint density at radius 3 is 2.47 bits per heavy atom. The Labute approximate surface area is 115 Å². The van der Waals surface area contributed by atoms with Crippen LogP contribution in [0.15, 0.2) is 16.6 Å². The predicted molar refractivity (Wildman–Crippen MR) is 65.1 cm³/mol. The highest BCUT2D eigenvalue weighted by molar-refractivity contribution is 9.10. The molecule has 1 atom stereocenters. The molecule has 0 aliphatic carbocycles. The van der Waals surface area contributed by atoms with Crippen molar-refractivity contribution >= 4 is 21.9 Å². The number of hydrogen-bond donors (Lipinski definition) is 2. The second kappa shape index (κ2) is 5.79. The molecule has 0 aliphatic heterocycles. The molecule has 0 radical (unpaired) electrons. The van der Waals surface area contributed by atoms with Gasteiger partial charge in [-0.3, -0.25) is 4.79 Å². The minimum Gasteiger partial charge on any atom is -0.496 e. The summed E-state index contributed by atoms with van der Waals surface area (Å²) in [7, 11) is 1.22. The smallest absolute Gasteiger partial charge is 0.416 e. The summed E-state index contributed by atoms with van der Waals surface area (Å²) in [5.41, 5.74) is 3.79. The van der Waals surface area contributed by atoms with Gasteiger partial charge in [-0.15, -0.1) is 0 Å². The molecule has 3 N–H and O–H groups in total. The Morgan fingerprint density at radius 1 is 1.53 bits per heavy atom. The van der Waals surface area contributed by atoms with E-state index < -0.39 is 35.7 Å². The molecule has 19 heavy (non-hydrogen) atoms. The van der Waals surface area contributed by atoms with Gasteiger partial charge in [0.2, 0.25) is 0 Å². The van der Waals surface area contributed by atoms with Gasteiger partial charge in [0, 0.05) is 6.54 Å². The molecule has 0 saturated heterocycles. The van der Waals surface area contributed by atoms with Gasteiger partial charge in [0.25, 0.3) is 0 Å². The van der Waals surface area contributed by atoms with Crippen molar-refractivity contribution in [2.45, 2.75) is 12.1 Å². The van der Waals surface area contributed by atoms with E-state index in [0.29, 0.717) is 0 Å². The maximum atomic E-state index is 13.0. The zero-order chi connectivity index (χ0) is 14.8. The van der Waals surface area contributed by atoms with Gasteiger partial charge >= 0.3 is 12.1 Å². The molecule has 8 heteroatoms. The highest BCUT2D eigenvalue weighted by atomic mass is 79.9. The monoisotopic (exact) mass is 341 g/mol. The maximum Gasteiger partial charge on any atom is 0.416 e. The van der Waals surface area contributed by atoms with E-state index >= 15 is 0 Å². The number of halogens is 4. The maximum absolute atomic E-state index is 13.0. The summed E-state index contributed by atoms with van der Waals surface area (Å²) in [6, 6.07) is 1.83. The van der Waals surface area contributed by atoms with E-state index in [1.807, 2.05) is 0 Å². The van der Waals surface area contributed by atoms with Crippen molar-refractivity contribution < 1.29 is 27.8 Å². The molecule has 0 bridgehead atoms. The Morgan fingerprint density at radius 2 is 2.11 bits per heavy atom. The third-order valence-corrected chi connectivity index (χ3v) is 3.16. The number of methoxy groups -OCH3 is 1. The van der Waals surface area contributed by atoms with Gasteiger partial charge in [-0.2, -0.15) is 13.2 Å². The minimum atomic E-state index is -4.69. The van der Waals surface area contributed by atoms with Crippen LogP contribution >= 0.6 is 15.9 Å². The lowest BCUT2D eigenvalue weighted by atomic mass is 9.93. The van der Waals surface area contributed by atoms with Gasteiger partial charge in [-0.1, -0.05) is 0 Å². The predicted octanol–water partition coefficient (Wildman–Crippen LogP) is 2.60. The molecule has 0 amide bonds. The van der Waals surface area contributed by atoms with Gasteiger partial charge < -0.3 is 15.6 Å². The number of ether oxygens (including phenoxy) is 1. The second-order valence-corrected chi connectivity index (χ2v) is 4.55. The van der Waals surface area contributed by atoms with E-state index in [2.05, 4.69) is 15.9 Å². The quantitative estimate of drug-likeness (QED) is 0.882. The van der Waals surface area contributed by atoms with Crippen molar-refractivity contribution in [2.75, 3.05) is 13.7 Å². The molecule has 0 spiro atoms. The summed E-state index contributed by atoms with van der Waals surface area (Å²) in [5.74, 6) is -2.87. The molecule has 1 unspecified atom stereocenters. The number of benzene rings is 1. The van der Waals surface area contributed by atoms with Crippen LogP contribution in [0.4, 0.5) is 13.2 Å². The number of carboxylic acids is 1. The SMILES string of the molecule is COc1cc(C(F)(F)F)c(C(CN)C(=O)O)cc1Br. The molecule has 0 saturated carbocycles. The summed E-state index contributed by atoms with van der Waals surface area (Å²) in [6.45, 7) is -0.433. The fourth-order valence-corrected chi connectivity index (χ4v) is 2.14. The second-order valence-electron chi connectivity index (χ2n) is 3.70. The topological polar surface area (TPSA) is 72.5 Å². The Hall–Kier alpha value is -1.28. The average Bonchev–Trinajstić information content (AvgIpc) is 2.28. The Kier molecular flexibility index (Phi) is 4.81. The Balaban J connectivity index is 3.52. The lowest BCUT2D eigenvalue weighted by molar-refractivity contribution is -0.141. The van der Waals surface area contributed by atoms with Crippen LogP contribution < -0.4 is 10.5 Å². The van der Waals surface area contributed by atoms with Crippen molar-refractivity contribution in [1.29, 1.82) is 0 Å². The van der Waals surface area contributed by atoms with Crippen LogP contribution in [0.3, 0.4) is 0 Å². The number of carboxylic acid groups (broad SMARTS) is 1. The molecule has 1 aromatic carbocycles. The Bertz CT molecular complexity index is 491. The van der Waals surface area contributed by atoms with Crippen molar-refractivity contribution in [3.05, 3.63) is 27.7 Å². The molecule has 0 heterocycles. The van der Waals surface area contributed by atoms with Crippen LogP contribution in [0.5, 0.6) is 5.75 Å². The lowest BCUT2D eigenvalue weighted by Gasteiger charge is -2.19. The van der Waals surface area contributed by atoms with Crippen LogP contribution in [0, 0.1) is 0 Å².